The van der Waals surface area contributed by atoms with Crippen LogP contribution in [0.15, 0.2) is 53.4 Å². The monoisotopic (exact) mass is 396 g/mol. The molecular weight excluding hydrogens is 378 g/mol. The van der Waals surface area contributed by atoms with Gasteiger partial charge in [0.1, 0.15) is 17.7 Å². The molecule has 9 heteroatoms. The SMILES string of the molecule is NC(=O)[C@@H](CCS(=O)(=O)c1ccccc1)NC(=O)Cc1cc(F)cc(F)c1. The van der Waals surface area contributed by atoms with Gasteiger partial charge in [0.2, 0.25) is 11.8 Å². The molecule has 2 aromatic carbocycles. The zero-order valence-electron chi connectivity index (χ0n) is 14.2. The van der Waals surface area contributed by atoms with Gasteiger partial charge in [0.05, 0.1) is 17.1 Å². The first-order valence-electron chi connectivity index (χ1n) is 7.99. The van der Waals surface area contributed by atoms with E-state index in [2.05, 4.69) is 5.32 Å². The normalized spacial score (nSPS) is 12.4. The zero-order chi connectivity index (χ0) is 20.0. The van der Waals surface area contributed by atoms with Gasteiger partial charge < -0.3 is 11.1 Å². The fourth-order valence-electron chi connectivity index (χ4n) is 2.45. The van der Waals surface area contributed by atoms with Crippen molar-refractivity contribution in [2.75, 3.05) is 5.75 Å². The zero-order valence-corrected chi connectivity index (χ0v) is 15.0. The van der Waals surface area contributed by atoms with E-state index in [1.165, 1.54) is 12.1 Å². The first kappa shape index (κ1) is 20.5. The Hall–Kier alpha value is -2.81. The van der Waals surface area contributed by atoms with E-state index in [0.29, 0.717) is 6.07 Å². The number of rotatable bonds is 8. The summed E-state index contributed by atoms with van der Waals surface area (Å²) in [7, 11) is -3.65. The summed E-state index contributed by atoms with van der Waals surface area (Å²) in [6, 6.07) is 9.06. The lowest BCUT2D eigenvalue weighted by Crippen LogP contribution is -2.46. The molecule has 0 radical (unpaired) electrons. The number of hydrogen-bond acceptors (Lipinski definition) is 4. The van der Waals surface area contributed by atoms with Crippen LogP contribution in [-0.4, -0.2) is 32.0 Å². The van der Waals surface area contributed by atoms with E-state index in [1.807, 2.05) is 0 Å². The molecule has 0 fully saturated rings. The van der Waals surface area contributed by atoms with Crippen LogP contribution in [-0.2, 0) is 25.8 Å². The minimum Gasteiger partial charge on any atom is -0.368 e. The van der Waals surface area contributed by atoms with E-state index in [9.17, 15) is 26.8 Å². The van der Waals surface area contributed by atoms with Crippen LogP contribution in [0.3, 0.4) is 0 Å². The van der Waals surface area contributed by atoms with Crippen molar-refractivity contribution in [2.24, 2.45) is 5.73 Å². The van der Waals surface area contributed by atoms with Gasteiger partial charge in [0, 0.05) is 6.07 Å². The minimum atomic E-state index is -3.65. The number of benzene rings is 2. The van der Waals surface area contributed by atoms with E-state index < -0.39 is 45.1 Å². The van der Waals surface area contributed by atoms with Gasteiger partial charge in [0.15, 0.2) is 9.84 Å². The van der Waals surface area contributed by atoms with Crippen molar-refractivity contribution < 1.29 is 26.8 Å². The van der Waals surface area contributed by atoms with Gasteiger partial charge in [-0.2, -0.15) is 0 Å². The van der Waals surface area contributed by atoms with Crippen molar-refractivity contribution >= 4 is 21.7 Å². The number of nitrogens with one attached hydrogen (secondary N) is 1. The Bertz CT molecular complexity index is 913. The van der Waals surface area contributed by atoms with E-state index in [0.717, 1.165) is 12.1 Å². The molecule has 2 amide bonds. The molecule has 1 atom stereocenters. The molecule has 0 aliphatic carbocycles. The van der Waals surface area contributed by atoms with Crippen molar-refractivity contribution in [1.29, 1.82) is 0 Å². The predicted octanol–water partition coefficient (Wildman–Crippen LogP) is 1.34. The highest BCUT2D eigenvalue weighted by Crippen LogP contribution is 2.13. The van der Waals surface area contributed by atoms with Crippen LogP contribution in [0.2, 0.25) is 0 Å². The van der Waals surface area contributed by atoms with Gasteiger partial charge >= 0.3 is 0 Å². The summed E-state index contributed by atoms with van der Waals surface area (Å²) in [6.45, 7) is 0. The summed E-state index contributed by atoms with van der Waals surface area (Å²) >= 11 is 0. The van der Waals surface area contributed by atoms with Crippen molar-refractivity contribution in [3.05, 3.63) is 65.7 Å². The number of carbonyl (C=O) groups is 2. The fraction of sp³-hybridized carbons (Fsp3) is 0.222. The summed E-state index contributed by atoms with van der Waals surface area (Å²) in [5.74, 6) is -3.69. The maximum Gasteiger partial charge on any atom is 0.240 e. The first-order valence-corrected chi connectivity index (χ1v) is 9.64. The van der Waals surface area contributed by atoms with Crippen LogP contribution in [0.25, 0.3) is 0 Å². The molecule has 0 aromatic heterocycles. The average Bonchev–Trinajstić information content (AvgIpc) is 2.58. The average molecular weight is 396 g/mol. The van der Waals surface area contributed by atoms with E-state index in [4.69, 9.17) is 5.73 Å². The van der Waals surface area contributed by atoms with Crippen LogP contribution in [0.1, 0.15) is 12.0 Å². The van der Waals surface area contributed by atoms with Gasteiger partial charge in [-0.3, -0.25) is 9.59 Å². The highest BCUT2D eigenvalue weighted by Gasteiger charge is 2.23. The smallest absolute Gasteiger partial charge is 0.240 e. The number of amides is 2. The maximum absolute atomic E-state index is 13.2. The van der Waals surface area contributed by atoms with Gasteiger partial charge in [0.25, 0.3) is 0 Å². The van der Waals surface area contributed by atoms with Crippen LogP contribution < -0.4 is 11.1 Å². The molecule has 27 heavy (non-hydrogen) atoms. The Kier molecular flexibility index (Phi) is 6.62. The second-order valence-electron chi connectivity index (χ2n) is 5.90. The summed E-state index contributed by atoms with van der Waals surface area (Å²) in [6.07, 6.45) is -0.611. The molecule has 0 bridgehead atoms. The second-order valence-corrected chi connectivity index (χ2v) is 8.01. The van der Waals surface area contributed by atoms with Crippen LogP contribution in [0, 0.1) is 11.6 Å². The summed E-state index contributed by atoms with van der Waals surface area (Å²) in [5.41, 5.74) is 5.30. The van der Waals surface area contributed by atoms with E-state index in [-0.39, 0.29) is 23.3 Å². The molecule has 144 valence electrons. The molecule has 3 N–H and O–H groups in total. The molecule has 2 aromatic rings. The number of nitrogens with two attached hydrogens (primary N) is 1. The Morgan fingerprint density at radius 1 is 1.04 bits per heavy atom. The molecule has 0 saturated carbocycles. The molecule has 0 heterocycles. The first-order chi connectivity index (χ1) is 12.7. The fourth-order valence-corrected chi connectivity index (χ4v) is 3.80. The van der Waals surface area contributed by atoms with Gasteiger partial charge in [-0.05, 0) is 36.2 Å². The van der Waals surface area contributed by atoms with Crippen molar-refractivity contribution in [3.8, 4) is 0 Å². The number of halogens is 2. The lowest BCUT2D eigenvalue weighted by atomic mass is 10.1. The van der Waals surface area contributed by atoms with Crippen molar-refractivity contribution in [2.45, 2.75) is 23.8 Å². The Balaban J connectivity index is 2.01. The topological polar surface area (TPSA) is 106 Å². The third-order valence-corrected chi connectivity index (χ3v) is 5.51. The van der Waals surface area contributed by atoms with Gasteiger partial charge in [-0.25, -0.2) is 17.2 Å². The van der Waals surface area contributed by atoms with E-state index >= 15 is 0 Å². The van der Waals surface area contributed by atoms with Crippen molar-refractivity contribution in [3.63, 3.8) is 0 Å². The number of carbonyl (C=O) groups excluding carboxylic acids is 2. The van der Waals surface area contributed by atoms with Crippen LogP contribution >= 0.6 is 0 Å². The predicted molar refractivity (Wildman–Crippen MR) is 94.3 cm³/mol. The standard InChI is InChI=1S/C18H18F2N2O4S/c19-13-8-12(9-14(20)11-13)10-17(23)22-16(18(21)24)6-7-27(25,26)15-4-2-1-3-5-15/h1-5,8-9,11,16H,6-7,10H2,(H2,21,24)(H,22,23)/t16-/m1/s1. The lowest BCUT2D eigenvalue weighted by Gasteiger charge is -2.15. The van der Waals surface area contributed by atoms with Crippen LogP contribution in [0.4, 0.5) is 8.78 Å². The van der Waals surface area contributed by atoms with Gasteiger partial charge in [-0.1, -0.05) is 18.2 Å². The quantitative estimate of drug-likeness (QED) is 0.702. The van der Waals surface area contributed by atoms with Crippen LogP contribution in [0.5, 0.6) is 0 Å². The number of hydrogen-bond donors (Lipinski definition) is 2. The second kappa shape index (κ2) is 8.72. The summed E-state index contributed by atoms with van der Waals surface area (Å²) in [5, 5.41) is 2.31. The Labute approximate surface area is 155 Å². The number of primary amides is 1. The maximum atomic E-state index is 13.2. The molecule has 0 unspecified atom stereocenters. The number of sulfone groups is 1. The molecule has 0 spiro atoms. The molecule has 6 nitrogen and oxygen atoms in total. The minimum absolute atomic E-state index is 0.0742. The Morgan fingerprint density at radius 3 is 2.19 bits per heavy atom. The lowest BCUT2D eigenvalue weighted by molar-refractivity contribution is -0.127. The molecule has 2 rings (SSSR count). The third-order valence-electron chi connectivity index (χ3n) is 3.74. The Morgan fingerprint density at radius 2 is 1.63 bits per heavy atom. The third kappa shape index (κ3) is 6.14. The molecule has 0 aliphatic heterocycles. The molecule has 0 saturated heterocycles. The molecule has 0 aliphatic rings. The highest BCUT2D eigenvalue weighted by molar-refractivity contribution is 7.91. The highest BCUT2D eigenvalue weighted by atomic mass is 32.2. The summed E-state index contributed by atoms with van der Waals surface area (Å²) in [4.78, 5) is 23.7. The molecular formula is C18H18F2N2O4S. The summed E-state index contributed by atoms with van der Waals surface area (Å²) < 4.78 is 50.9. The van der Waals surface area contributed by atoms with Crippen molar-refractivity contribution in [1.82, 2.24) is 5.32 Å². The van der Waals surface area contributed by atoms with Gasteiger partial charge in [-0.15, -0.1) is 0 Å². The largest absolute Gasteiger partial charge is 0.368 e. The van der Waals surface area contributed by atoms with E-state index in [1.54, 1.807) is 18.2 Å².